The highest BCUT2D eigenvalue weighted by Gasteiger charge is 2.37. The molecule has 1 fully saturated rings. The molecule has 0 radical (unpaired) electrons. The molecular weight excluding hydrogens is 345 g/mol. The first-order valence-electron chi connectivity index (χ1n) is 8.92. The van der Waals surface area contributed by atoms with E-state index in [0.717, 1.165) is 30.2 Å². The number of nitrogens with zero attached hydrogens (tertiary/aromatic N) is 3. The molecule has 1 atom stereocenters. The van der Waals surface area contributed by atoms with E-state index in [0.29, 0.717) is 11.3 Å². The monoisotopic (exact) mass is 369 g/mol. The molecule has 1 heterocycles. The van der Waals surface area contributed by atoms with E-state index in [9.17, 15) is 9.18 Å². The Morgan fingerprint density at radius 3 is 2.59 bits per heavy atom. The lowest BCUT2D eigenvalue weighted by molar-refractivity contribution is 0.0789. The van der Waals surface area contributed by atoms with Crippen molar-refractivity contribution in [3.8, 4) is 0 Å². The van der Waals surface area contributed by atoms with E-state index in [1.807, 2.05) is 39.0 Å². The van der Waals surface area contributed by atoms with Crippen LogP contribution in [0.25, 0.3) is 0 Å². The van der Waals surface area contributed by atoms with Crippen molar-refractivity contribution < 1.29 is 9.18 Å². The van der Waals surface area contributed by atoms with Gasteiger partial charge < -0.3 is 16.0 Å². The average molecular weight is 369 g/mol. The number of rotatable bonds is 6. The van der Waals surface area contributed by atoms with Gasteiger partial charge in [-0.05, 0) is 44.7 Å². The highest BCUT2D eigenvalue weighted by Crippen LogP contribution is 2.33. The number of carbonyl (C=O) groups excluding carboxylic acids is 1. The largest absolute Gasteiger partial charge is 0.368 e. The van der Waals surface area contributed by atoms with Crippen LogP contribution in [0, 0.1) is 19.7 Å². The van der Waals surface area contributed by atoms with Crippen LogP contribution in [0.15, 0.2) is 36.7 Å². The summed E-state index contributed by atoms with van der Waals surface area (Å²) in [5.41, 5.74) is 8.65. The second kappa shape index (κ2) is 7.34. The second-order valence-electron chi connectivity index (χ2n) is 6.96. The zero-order valence-corrected chi connectivity index (χ0v) is 15.8. The number of carbonyl (C=O) groups is 1. The van der Waals surface area contributed by atoms with Crippen LogP contribution in [0.5, 0.6) is 0 Å². The maximum atomic E-state index is 13.9. The normalized spacial score (nSPS) is 14.5. The maximum absolute atomic E-state index is 13.9. The van der Waals surface area contributed by atoms with Crippen LogP contribution >= 0.6 is 0 Å². The predicted octanol–water partition coefficient (Wildman–Crippen LogP) is 3.43. The van der Waals surface area contributed by atoms with Crippen LogP contribution in [0.1, 0.15) is 41.3 Å². The van der Waals surface area contributed by atoms with Crippen molar-refractivity contribution in [2.45, 2.75) is 45.7 Å². The molecule has 1 amide bonds. The van der Waals surface area contributed by atoms with Crippen LogP contribution < -0.4 is 11.1 Å². The molecule has 1 aromatic carbocycles. The summed E-state index contributed by atoms with van der Waals surface area (Å²) in [5, 5.41) is 2.95. The lowest BCUT2D eigenvalue weighted by atomic mass is 10.0. The van der Waals surface area contributed by atoms with Crippen molar-refractivity contribution in [3.63, 3.8) is 0 Å². The molecule has 27 heavy (non-hydrogen) atoms. The van der Waals surface area contributed by atoms with E-state index >= 15 is 0 Å². The van der Waals surface area contributed by atoms with Gasteiger partial charge in [-0.3, -0.25) is 4.79 Å². The fraction of sp³-hybridized carbons (Fsp3) is 0.350. The predicted molar refractivity (Wildman–Crippen MR) is 104 cm³/mol. The number of aryl methyl sites for hydroxylation is 2. The molecule has 1 aliphatic rings. The minimum Gasteiger partial charge on any atom is -0.368 e. The Morgan fingerprint density at radius 1 is 1.37 bits per heavy atom. The quantitative estimate of drug-likeness (QED) is 0.815. The van der Waals surface area contributed by atoms with Crippen LogP contribution in [0.2, 0.25) is 0 Å². The van der Waals surface area contributed by atoms with E-state index in [1.54, 1.807) is 4.90 Å². The number of hydrogen-bond donors (Lipinski definition) is 2. The van der Waals surface area contributed by atoms with Crippen molar-refractivity contribution in [3.05, 3.63) is 59.2 Å². The summed E-state index contributed by atoms with van der Waals surface area (Å²) in [7, 11) is 0. The second-order valence-corrected chi connectivity index (χ2v) is 6.96. The Morgan fingerprint density at radius 2 is 2.00 bits per heavy atom. The minimum atomic E-state index is -0.608. The summed E-state index contributed by atoms with van der Waals surface area (Å²) < 4.78 is 13.9. The van der Waals surface area contributed by atoms with Crippen molar-refractivity contribution in [2.75, 3.05) is 11.1 Å². The number of benzene rings is 1. The first-order chi connectivity index (χ1) is 12.8. The molecule has 1 aromatic heterocycles. The number of nitrogens with one attached hydrogen (secondary N) is 1. The Kier molecular flexibility index (Phi) is 5.12. The summed E-state index contributed by atoms with van der Waals surface area (Å²) in [6.07, 6.45) is 2.87. The fourth-order valence-electron chi connectivity index (χ4n) is 3.11. The molecule has 0 saturated heterocycles. The molecule has 0 aliphatic heterocycles. The van der Waals surface area contributed by atoms with E-state index in [2.05, 4.69) is 21.9 Å². The smallest absolute Gasteiger partial charge is 0.258 e. The number of nitrogens with two attached hydrogens (primary N) is 1. The topological polar surface area (TPSA) is 84.1 Å². The molecule has 6 nitrogen and oxygen atoms in total. The van der Waals surface area contributed by atoms with E-state index in [4.69, 9.17) is 5.73 Å². The molecule has 142 valence electrons. The van der Waals surface area contributed by atoms with Crippen LogP contribution in [0.3, 0.4) is 0 Å². The molecular formula is C20H24FN5O. The molecule has 0 unspecified atom stereocenters. The van der Waals surface area contributed by atoms with Crippen LogP contribution in [-0.4, -0.2) is 32.9 Å². The molecule has 7 heteroatoms. The van der Waals surface area contributed by atoms with Crippen molar-refractivity contribution >= 4 is 17.7 Å². The Labute approximate surface area is 158 Å². The summed E-state index contributed by atoms with van der Waals surface area (Å²) in [5.74, 6) is -0.717. The number of aromatic nitrogens is 2. The maximum Gasteiger partial charge on any atom is 0.258 e. The number of anilines is 2. The first kappa shape index (κ1) is 18.8. The minimum absolute atomic E-state index is 0.00795. The van der Waals surface area contributed by atoms with Gasteiger partial charge in [0.1, 0.15) is 0 Å². The lowest BCUT2D eigenvalue weighted by Crippen LogP contribution is -2.39. The van der Waals surface area contributed by atoms with Gasteiger partial charge in [-0.2, -0.15) is 4.98 Å². The number of nitrogen functional groups attached to an aromatic ring is 1. The molecule has 0 bridgehead atoms. The van der Waals surface area contributed by atoms with E-state index in [-0.39, 0.29) is 23.7 Å². The molecule has 3 rings (SSSR count). The summed E-state index contributed by atoms with van der Waals surface area (Å²) in [6.45, 7) is 9.78. The van der Waals surface area contributed by atoms with Crippen molar-refractivity contribution in [1.29, 1.82) is 0 Å². The molecule has 3 N–H and O–H groups in total. The first-order valence-corrected chi connectivity index (χ1v) is 8.92. The Balaban J connectivity index is 1.85. The van der Waals surface area contributed by atoms with Gasteiger partial charge in [0.25, 0.3) is 5.91 Å². The Bertz CT molecular complexity index is 874. The standard InChI is InChI=1S/C20H24FN5O/c1-11-6-5-7-12(2)17(11)19(27)26(15-8-9-15)14(4)13(3)24-18-16(21)10-23-20(22)25-18/h5-7,10,13,15H,4,8-9H2,1-3H3,(H3,22,23,24,25)/t13-/m0/s1. The SMILES string of the molecule is C=C([C@H](C)Nc1nc(N)ncc1F)N(C(=O)c1c(C)cccc1C)C1CC1. The third-order valence-electron chi connectivity index (χ3n) is 4.75. The van der Waals surface area contributed by atoms with Crippen LogP contribution in [0.4, 0.5) is 16.2 Å². The third-order valence-corrected chi connectivity index (χ3v) is 4.75. The third kappa shape index (κ3) is 3.92. The highest BCUT2D eigenvalue weighted by molar-refractivity contribution is 5.98. The Hall–Kier alpha value is -2.96. The zero-order chi connectivity index (χ0) is 19.7. The van der Waals surface area contributed by atoms with E-state index < -0.39 is 11.9 Å². The van der Waals surface area contributed by atoms with Gasteiger partial charge in [-0.25, -0.2) is 9.37 Å². The van der Waals surface area contributed by atoms with Gasteiger partial charge in [-0.15, -0.1) is 0 Å². The summed E-state index contributed by atoms with van der Waals surface area (Å²) in [4.78, 5) is 22.5. The van der Waals surface area contributed by atoms with Gasteiger partial charge in [0.15, 0.2) is 11.6 Å². The number of hydrogen-bond acceptors (Lipinski definition) is 5. The zero-order valence-electron chi connectivity index (χ0n) is 15.8. The van der Waals surface area contributed by atoms with Crippen molar-refractivity contribution in [2.24, 2.45) is 0 Å². The molecule has 1 saturated carbocycles. The lowest BCUT2D eigenvalue weighted by Gasteiger charge is -2.30. The average Bonchev–Trinajstić information content (AvgIpc) is 3.43. The molecule has 1 aliphatic carbocycles. The van der Waals surface area contributed by atoms with E-state index in [1.165, 1.54) is 0 Å². The summed E-state index contributed by atoms with van der Waals surface area (Å²) in [6, 6.07) is 5.49. The highest BCUT2D eigenvalue weighted by atomic mass is 19.1. The summed E-state index contributed by atoms with van der Waals surface area (Å²) >= 11 is 0. The number of amides is 1. The van der Waals surface area contributed by atoms with Gasteiger partial charge in [0.05, 0.1) is 12.2 Å². The van der Waals surface area contributed by atoms with Crippen molar-refractivity contribution in [1.82, 2.24) is 14.9 Å². The van der Waals surface area contributed by atoms with Gasteiger partial charge >= 0.3 is 0 Å². The fourth-order valence-corrected chi connectivity index (χ4v) is 3.11. The van der Waals surface area contributed by atoms with Gasteiger partial charge in [-0.1, -0.05) is 24.8 Å². The van der Waals surface area contributed by atoms with Gasteiger partial charge in [0.2, 0.25) is 5.95 Å². The van der Waals surface area contributed by atoms with Gasteiger partial charge in [0, 0.05) is 17.3 Å². The molecule has 2 aromatic rings. The van der Waals surface area contributed by atoms with Crippen LogP contribution in [-0.2, 0) is 0 Å². The molecule has 0 spiro atoms. The number of halogens is 1.